The van der Waals surface area contributed by atoms with E-state index < -0.39 is 11.4 Å². The predicted octanol–water partition coefficient (Wildman–Crippen LogP) is 5.73. The van der Waals surface area contributed by atoms with Gasteiger partial charge in [-0.3, -0.25) is 0 Å². The fourth-order valence-electron chi connectivity index (χ4n) is 3.03. The third-order valence-corrected chi connectivity index (χ3v) is 4.44. The zero-order valence-electron chi connectivity index (χ0n) is 15.2. The summed E-state index contributed by atoms with van der Waals surface area (Å²) < 4.78 is 24.9. The summed E-state index contributed by atoms with van der Waals surface area (Å²) in [6.07, 6.45) is 4.60. The zero-order chi connectivity index (χ0) is 18.5. The summed E-state index contributed by atoms with van der Waals surface area (Å²) in [4.78, 5) is 12.4. The number of unbranched alkanes of at least 4 members (excludes halogenated alkanes) is 2. The minimum Gasteiger partial charge on any atom is -0.491 e. The second-order valence-electron chi connectivity index (χ2n) is 6.33. The average Bonchev–Trinajstić information content (AvgIpc) is 2.65. The van der Waals surface area contributed by atoms with E-state index in [0.29, 0.717) is 17.6 Å². The summed E-state index contributed by atoms with van der Waals surface area (Å²) >= 11 is 0. The number of hydrogen-bond donors (Lipinski definition) is 0. The molecule has 0 saturated carbocycles. The average molecular weight is 354 g/mol. The van der Waals surface area contributed by atoms with Crippen LogP contribution in [0.2, 0.25) is 0 Å². The van der Waals surface area contributed by atoms with Crippen molar-refractivity contribution >= 4 is 11.0 Å². The van der Waals surface area contributed by atoms with Crippen molar-refractivity contribution in [3.8, 4) is 16.9 Å². The molecule has 0 fully saturated rings. The van der Waals surface area contributed by atoms with Crippen LogP contribution in [-0.4, -0.2) is 6.61 Å². The molecule has 1 aromatic heterocycles. The minimum atomic E-state index is -0.640. The molecule has 4 heteroatoms. The molecule has 0 N–H and O–H groups in total. The highest BCUT2D eigenvalue weighted by Gasteiger charge is 2.14. The van der Waals surface area contributed by atoms with Gasteiger partial charge in [-0.2, -0.15) is 4.39 Å². The number of rotatable bonds is 7. The third-order valence-electron chi connectivity index (χ3n) is 4.44. The Morgan fingerprint density at radius 3 is 2.50 bits per heavy atom. The lowest BCUT2D eigenvalue weighted by Gasteiger charge is -2.08. The third kappa shape index (κ3) is 3.79. The maximum absolute atomic E-state index is 14.4. The largest absolute Gasteiger partial charge is 0.491 e. The Balaban J connectivity index is 1.94. The molecular formula is C22H23FO3. The van der Waals surface area contributed by atoms with Crippen LogP contribution in [0.3, 0.4) is 0 Å². The molecule has 0 atom stereocenters. The topological polar surface area (TPSA) is 39.4 Å². The molecule has 2 aromatic carbocycles. The maximum Gasteiger partial charge on any atom is 0.344 e. The Morgan fingerprint density at radius 2 is 1.81 bits per heavy atom. The molecule has 0 unspecified atom stereocenters. The number of fused-ring (bicyclic) bond motifs is 1. The normalized spacial score (nSPS) is 11.0. The summed E-state index contributed by atoms with van der Waals surface area (Å²) in [5.74, 6) is -0.549. The van der Waals surface area contributed by atoms with Crippen LogP contribution in [0.1, 0.15) is 38.7 Å². The van der Waals surface area contributed by atoms with E-state index in [2.05, 4.69) is 6.92 Å². The zero-order valence-corrected chi connectivity index (χ0v) is 15.2. The van der Waals surface area contributed by atoms with Crippen molar-refractivity contribution in [2.24, 2.45) is 0 Å². The van der Waals surface area contributed by atoms with Gasteiger partial charge in [0, 0.05) is 5.39 Å². The van der Waals surface area contributed by atoms with Crippen LogP contribution in [-0.2, 0) is 6.42 Å². The number of halogens is 1. The molecule has 3 rings (SSSR count). The molecule has 3 nitrogen and oxygen atoms in total. The summed E-state index contributed by atoms with van der Waals surface area (Å²) in [6.45, 7) is 4.30. The second-order valence-corrected chi connectivity index (χ2v) is 6.33. The summed E-state index contributed by atoms with van der Waals surface area (Å²) in [6, 6.07) is 12.8. The molecule has 0 amide bonds. The van der Waals surface area contributed by atoms with Crippen molar-refractivity contribution in [1.29, 1.82) is 0 Å². The first kappa shape index (κ1) is 18.2. The molecule has 26 heavy (non-hydrogen) atoms. The van der Waals surface area contributed by atoms with Crippen molar-refractivity contribution in [3.05, 3.63) is 64.3 Å². The lowest BCUT2D eigenvalue weighted by molar-refractivity contribution is 0.321. The van der Waals surface area contributed by atoms with Crippen molar-refractivity contribution in [1.82, 2.24) is 0 Å². The van der Waals surface area contributed by atoms with Gasteiger partial charge in [-0.05, 0) is 49.1 Å². The first-order chi connectivity index (χ1) is 12.6. The number of ether oxygens (including phenoxy) is 1. The van der Waals surface area contributed by atoms with Gasteiger partial charge in [-0.1, -0.05) is 44.0 Å². The van der Waals surface area contributed by atoms with Crippen LogP contribution in [0.5, 0.6) is 5.75 Å². The van der Waals surface area contributed by atoms with Gasteiger partial charge >= 0.3 is 5.63 Å². The minimum absolute atomic E-state index is 0.0686. The van der Waals surface area contributed by atoms with Gasteiger partial charge in [0.25, 0.3) is 0 Å². The second kappa shape index (κ2) is 8.17. The van der Waals surface area contributed by atoms with E-state index in [1.54, 1.807) is 25.1 Å². The molecule has 1 heterocycles. The summed E-state index contributed by atoms with van der Waals surface area (Å²) in [5.41, 5.74) is 1.83. The van der Waals surface area contributed by atoms with E-state index in [1.165, 1.54) is 18.4 Å². The summed E-state index contributed by atoms with van der Waals surface area (Å²) in [7, 11) is 0. The van der Waals surface area contributed by atoms with Crippen LogP contribution in [0.15, 0.2) is 51.7 Å². The van der Waals surface area contributed by atoms with Crippen molar-refractivity contribution in [2.75, 3.05) is 6.61 Å². The van der Waals surface area contributed by atoms with Crippen LogP contribution in [0.25, 0.3) is 22.1 Å². The van der Waals surface area contributed by atoms with Gasteiger partial charge in [-0.25, -0.2) is 4.79 Å². The highest BCUT2D eigenvalue weighted by Crippen LogP contribution is 2.28. The lowest BCUT2D eigenvalue weighted by atomic mass is 10.0. The Bertz CT molecular complexity index is 942. The van der Waals surface area contributed by atoms with E-state index in [9.17, 15) is 9.18 Å². The Hall–Kier alpha value is -2.62. The molecule has 0 aliphatic rings. The monoisotopic (exact) mass is 354 g/mol. The molecule has 0 aliphatic heterocycles. The highest BCUT2D eigenvalue weighted by molar-refractivity contribution is 5.83. The van der Waals surface area contributed by atoms with E-state index in [4.69, 9.17) is 9.15 Å². The van der Waals surface area contributed by atoms with Crippen molar-refractivity contribution < 1.29 is 13.5 Å². The van der Waals surface area contributed by atoms with Gasteiger partial charge in [-0.15, -0.1) is 0 Å². The standard InChI is InChI=1S/C22H23FO3/c1-3-5-6-7-15-8-10-16(11-9-15)18-14-17-12-13-19(25-4-2)20(23)21(17)26-22(18)24/h8-14H,3-7H2,1-2H3. The number of aryl methyl sites for hydroxylation is 1. The van der Waals surface area contributed by atoms with Crippen LogP contribution >= 0.6 is 0 Å². The van der Waals surface area contributed by atoms with Crippen molar-refractivity contribution in [3.63, 3.8) is 0 Å². The molecule has 3 aromatic rings. The SMILES string of the molecule is CCCCCc1ccc(-c2cc3ccc(OCC)c(F)c3oc2=O)cc1. The molecule has 0 bridgehead atoms. The molecule has 0 saturated heterocycles. The smallest absolute Gasteiger partial charge is 0.344 e. The quantitative estimate of drug-likeness (QED) is 0.402. The van der Waals surface area contributed by atoms with Gasteiger partial charge in [0.15, 0.2) is 11.3 Å². The first-order valence-electron chi connectivity index (χ1n) is 9.12. The van der Waals surface area contributed by atoms with Crippen LogP contribution < -0.4 is 10.4 Å². The molecular weight excluding hydrogens is 331 g/mol. The first-order valence-corrected chi connectivity index (χ1v) is 9.12. The van der Waals surface area contributed by atoms with E-state index >= 15 is 0 Å². The Morgan fingerprint density at radius 1 is 1.04 bits per heavy atom. The summed E-state index contributed by atoms with van der Waals surface area (Å²) in [5, 5.41) is 0.535. The van der Waals surface area contributed by atoms with Crippen LogP contribution in [0, 0.1) is 5.82 Å². The van der Waals surface area contributed by atoms with E-state index in [1.807, 2.05) is 24.3 Å². The van der Waals surface area contributed by atoms with Gasteiger partial charge in [0.2, 0.25) is 5.82 Å². The molecule has 136 valence electrons. The maximum atomic E-state index is 14.4. The van der Waals surface area contributed by atoms with Gasteiger partial charge < -0.3 is 9.15 Å². The van der Waals surface area contributed by atoms with Crippen LogP contribution in [0.4, 0.5) is 4.39 Å². The van der Waals surface area contributed by atoms with Gasteiger partial charge in [0.05, 0.1) is 12.2 Å². The molecule has 0 spiro atoms. The van der Waals surface area contributed by atoms with E-state index in [0.717, 1.165) is 18.4 Å². The lowest BCUT2D eigenvalue weighted by Crippen LogP contribution is -2.04. The number of hydrogen-bond acceptors (Lipinski definition) is 3. The fraction of sp³-hybridized carbons (Fsp3) is 0.318. The van der Waals surface area contributed by atoms with Crippen molar-refractivity contribution in [2.45, 2.75) is 39.5 Å². The molecule has 0 aliphatic carbocycles. The highest BCUT2D eigenvalue weighted by atomic mass is 19.1. The number of benzene rings is 2. The van der Waals surface area contributed by atoms with Gasteiger partial charge in [0.1, 0.15) is 0 Å². The fourth-order valence-corrected chi connectivity index (χ4v) is 3.03. The Kier molecular flexibility index (Phi) is 5.71. The van der Waals surface area contributed by atoms with E-state index in [-0.39, 0.29) is 11.3 Å². The predicted molar refractivity (Wildman–Crippen MR) is 102 cm³/mol. The Labute approximate surface area is 152 Å². The molecule has 0 radical (unpaired) electrons.